The molecule has 2 N–H and O–H groups in total. The number of ketones is 2. The second-order valence-corrected chi connectivity index (χ2v) is 7.43. The first-order valence-electron chi connectivity index (χ1n) is 9.51. The molecule has 0 aliphatic carbocycles. The number of benzene rings is 2. The number of rotatable bonds is 11. The molecule has 0 spiro atoms. The molecule has 0 saturated carbocycles. The molecule has 0 heterocycles. The fourth-order valence-electron chi connectivity index (χ4n) is 2.71. The normalized spacial score (nSPS) is 12.6. The zero-order valence-electron chi connectivity index (χ0n) is 17.1. The summed E-state index contributed by atoms with van der Waals surface area (Å²) < 4.78 is 11.2. The third-order valence-electron chi connectivity index (χ3n) is 4.25. The third-order valence-corrected chi connectivity index (χ3v) is 4.25. The van der Waals surface area contributed by atoms with Gasteiger partial charge in [-0.25, -0.2) is 0 Å². The zero-order chi connectivity index (χ0) is 21.4. The molecule has 2 rings (SSSR count). The van der Waals surface area contributed by atoms with Crippen molar-refractivity contribution in [3.05, 3.63) is 70.8 Å². The minimum atomic E-state index is -1.41. The molecule has 6 heteroatoms. The molecule has 0 aliphatic rings. The molecule has 0 bridgehead atoms. The van der Waals surface area contributed by atoms with E-state index in [2.05, 4.69) is 0 Å². The van der Waals surface area contributed by atoms with Gasteiger partial charge < -0.3 is 19.7 Å². The molecule has 29 heavy (non-hydrogen) atoms. The Labute approximate surface area is 171 Å². The van der Waals surface area contributed by atoms with Gasteiger partial charge in [-0.1, -0.05) is 36.4 Å². The van der Waals surface area contributed by atoms with E-state index in [1.807, 2.05) is 12.1 Å². The maximum Gasteiger partial charge on any atom is 0.193 e. The molecule has 2 aromatic rings. The highest BCUT2D eigenvalue weighted by Crippen LogP contribution is 2.15. The number of hydrogen-bond acceptors (Lipinski definition) is 6. The van der Waals surface area contributed by atoms with Gasteiger partial charge in [0.25, 0.3) is 0 Å². The van der Waals surface area contributed by atoms with E-state index in [1.54, 1.807) is 36.4 Å². The number of Topliss-reactive ketones (excluding diaryl/α,β-unsaturated/α-hetero) is 2. The van der Waals surface area contributed by atoms with Crippen molar-refractivity contribution >= 4 is 11.6 Å². The van der Waals surface area contributed by atoms with Gasteiger partial charge in [-0.15, -0.1) is 0 Å². The van der Waals surface area contributed by atoms with Crippen molar-refractivity contribution < 1.29 is 29.3 Å². The largest absolute Gasteiger partial charge is 0.385 e. The SMILES string of the molecule is CC(O)C(=O)c1cccc(COCCOCc2cccc(C(=O)C(C)(C)O)c2)c1. The van der Waals surface area contributed by atoms with Crippen molar-refractivity contribution in [2.45, 2.75) is 45.7 Å². The molecule has 0 fully saturated rings. The van der Waals surface area contributed by atoms with E-state index in [0.29, 0.717) is 37.6 Å². The Balaban J connectivity index is 1.75. The second kappa shape index (κ2) is 10.4. The van der Waals surface area contributed by atoms with E-state index >= 15 is 0 Å². The number of ether oxygens (including phenoxy) is 2. The Morgan fingerprint density at radius 3 is 1.90 bits per heavy atom. The van der Waals surface area contributed by atoms with E-state index in [0.717, 1.165) is 11.1 Å². The third kappa shape index (κ3) is 7.18. The highest BCUT2D eigenvalue weighted by molar-refractivity contribution is 6.01. The standard InChI is InChI=1S/C23H28O6/c1-16(24)21(25)19-8-4-6-17(12-19)14-28-10-11-29-15-18-7-5-9-20(13-18)22(26)23(2,3)27/h4-9,12-13,16,24,27H,10-11,14-15H2,1-3H3. The Morgan fingerprint density at radius 1 is 0.931 bits per heavy atom. The van der Waals surface area contributed by atoms with Gasteiger partial charge in [0.2, 0.25) is 0 Å². The van der Waals surface area contributed by atoms with Crippen molar-refractivity contribution in [2.24, 2.45) is 0 Å². The van der Waals surface area contributed by atoms with E-state index in [4.69, 9.17) is 9.47 Å². The van der Waals surface area contributed by atoms with Gasteiger partial charge in [0.15, 0.2) is 11.6 Å². The summed E-state index contributed by atoms with van der Waals surface area (Å²) in [5.74, 6) is -0.653. The van der Waals surface area contributed by atoms with E-state index in [-0.39, 0.29) is 11.6 Å². The maximum absolute atomic E-state index is 12.1. The van der Waals surface area contributed by atoms with Gasteiger partial charge in [0.05, 0.1) is 26.4 Å². The van der Waals surface area contributed by atoms with Gasteiger partial charge in [-0.2, -0.15) is 0 Å². The molecule has 0 saturated heterocycles. The quantitative estimate of drug-likeness (QED) is 0.445. The van der Waals surface area contributed by atoms with Crippen molar-refractivity contribution in [1.82, 2.24) is 0 Å². The van der Waals surface area contributed by atoms with Crippen LogP contribution in [-0.2, 0) is 22.7 Å². The smallest absolute Gasteiger partial charge is 0.193 e. The Bertz CT molecular complexity index is 835. The number of aliphatic hydroxyl groups is 2. The number of hydrogen-bond donors (Lipinski definition) is 2. The van der Waals surface area contributed by atoms with E-state index in [9.17, 15) is 19.8 Å². The van der Waals surface area contributed by atoms with Crippen molar-refractivity contribution in [2.75, 3.05) is 13.2 Å². The average Bonchev–Trinajstić information content (AvgIpc) is 2.69. The zero-order valence-corrected chi connectivity index (χ0v) is 17.1. The lowest BCUT2D eigenvalue weighted by atomic mass is 9.96. The van der Waals surface area contributed by atoms with E-state index < -0.39 is 11.7 Å². The summed E-state index contributed by atoms with van der Waals surface area (Å²) in [5.41, 5.74) is 1.17. The molecule has 6 nitrogen and oxygen atoms in total. The predicted octanol–water partition coefficient (Wildman–Crippen LogP) is 2.94. The van der Waals surface area contributed by atoms with Crippen LogP contribution in [0.2, 0.25) is 0 Å². The summed E-state index contributed by atoms with van der Waals surface area (Å²) in [7, 11) is 0. The Kier molecular flexibility index (Phi) is 8.22. The number of carbonyl (C=O) groups excluding carboxylic acids is 2. The highest BCUT2D eigenvalue weighted by atomic mass is 16.5. The van der Waals surface area contributed by atoms with Gasteiger partial charge in [-0.3, -0.25) is 9.59 Å². The Hall–Kier alpha value is -2.38. The summed E-state index contributed by atoms with van der Waals surface area (Å²) >= 11 is 0. The van der Waals surface area contributed by atoms with Crippen LogP contribution in [0.4, 0.5) is 0 Å². The first kappa shape index (κ1) is 22.9. The van der Waals surface area contributed by atoms with Gasteiger partial charge >= 0.3 is 0 Å². The lowest BCUT2D eigenvalue weighted by Crippen LogP contribution is -2.31. The van der Waals surface area contributed by atoms with Crippen LogP contribution in [0, 0.1) is 0 Å². The lowest BCUT2D eigenvalue weighted by molar-refractivity contribution is 0.0337. The minimum Gasteiger partial charge on any atom is -0.385 e. The van der Waals surface area contributed by atoms with Gasteiger partial charge in [0, 0.05) is 11.1 Å². The molecular weight excluding hydrogens is 372 g/mol. The van der Waals surface area contributed by atoms with Crippen molar-refractivity contribution in [3.63, 3.8) is 0 Å². The molecule has 156 valence electrons. The molecule has 1 atom stereocenters. The minimum absolute atomic E-state index is 0.319. The van der Waals surface area contributed by atoms with Crippen LogP contribution in [-0.4, -0.2) is 46.7 Å². The summed E-state index contributed by atoms with van der Waals surface area (Å²) in [6.45, 7) is 5.78. The second-order valence-electron chi connectivity index (χ2n) is 7.43. The van der Waals surface area contributed by atoms with E-state index in [1.165, 1.54) is 20.8 Å². The predicted molar refractivity (Wildman–Crippen MR) is 109 cm³/mol. The molecular formula is C23H28O6. The van der Waals surface area contributed by atoms with Crippen LogP contribution < -0.4 is 0 Å². The number of aliphatic hydroxyl groups excluding tert-OH is 1. The topological polar surface area (TPSA) is 93.1 Å². The summed E-state index contributed by atoms with van der Waals surface area (Å²) in [5, 5.41) is 19.2. The van der Waals surface area contributed by atoms with Crippen LogP contribution in [0.5, 0.6) is 0 Å². The first-order chi connectivity index (χ1) is 13.7. The van der Waals surface area contributed by atoms with Crippen molar-refractivity contribution in [3.8, 4) is 0 Å². The van der Waals surface area contributed by atoms with Crippen LogP contribution in [0.15, 0.2) is 48.5 Å². The van der Waals surface area contributed by atoms with Gasteiger partial charge in [-0.05, 0) is 44.0 Å². The molecule has 0 aliphatic heterocycles. The highest BCUT2D eigenvalue weighted by Gasteiger charge is 2.25. The van der Waals surface area contributed by atoms with Crippen LogP contribution in [0.1, 0.15) is 52.6 Å². The molecule has 0 aromatic heterocycles. The lowest BCUT2D eigenvalue weighted by Gasteiger charge is -2.16. The maximum atomic E-state index is 12.1. The summed E-state index contributed by atoms with van der Waals surface area (Å²) in [4.78, 5) is 23.9. The number of carbonyl (C=O) groups is 2. The molecule has 2 aromatic carbocycles. The first-order valence-corrected chi connectivity index (χ1v) is 9.51. The molecule has 0 amide bonds. The van der Waals surface area contributed by atoms with Crippen LogP contribution in [0.25, 0.3) is 0 Å². The average molecular weight is 400 g/mol. The summed E-state index contributed by atoms with van der Waals surface area (Å²) in [6.07, 6.45) is -1.03. The fourth-order valence-corrected chi connectivity index (χ4v) is 2.71. The summed E-state index contributed by atoms with van der Waals surface area (Å²) in [6, 6.07) is 14.0. The molecule has 1 unspecified atom stereocenters. The monoisotopic (exact) mass is 400 g/mol. The molecule has 0 radical (unpaired) electrons. The van der Waals surface area contributed by atoms with Crippen molar-refractivity contribution in [1.29, 1.82) is 0 Å². The van der Waals surface area contributed by atoms with Gasteiger partial charge in [0.1, 0.15) is 11.7 Å². The van der Waals surface area contributed by atoms with Crippen LogP contribution in [0.3, 0.4) is 0 Å². The fraction of sp³-hybridized carbons (Fsp3) is 0.391. The Morgan fingerprint density at radius 2 is 1.41 bits per heavy atom. The van der Waals surface area contributed by atoms with Crippen LogP contribution >= 0.6 is 0 Å².